The Morgan fingerprint density at radius 2 is 1.74 bits per heavy atom. The summed E-state index contributed by atoms with van der Waals surface area (Å²) >= 11 is 9.46. The summed E-state index contributed by atoms with van der Waals surface area (Å²) in [5, 5.41) is 5.21. The van der Waals surface area contributed by atoms with Crippen LogP contribution in [-0.4, -0.2) is 41.3 Å². The number of thiazole rings is 1. The summed E-state index contributed by atoms with van der Waals surface area (Å²) in [5.74, 6) is 0.0191. The molecule has 1 N–H and O–H groups in total. The topological polar surface area (TPSA) is 62.3 Å². The molecule has 0 atom stereocenters. The van der Waals surface area contributed by atoms with Crippen LogP contribution in [0.4, 0.5) is 0 Å². The minimum absolute atomic E-state index is 0.0186. The molecule has 0 bridgehead atoms. The molecule has 4 aromatic rings. The van der Waals surface area contributed by atoms with Crippen molar-refractivity contribution in [2.75, 3.05) is 19.6 Å². The summed E-state index contributed by atoms with van der Waals surface area (Å²) in [5.41, 5.74) is 1.05. The third-order valence-corrected chi connectivity index (χ3v) is 8.52. The van der Waals surface area contributed by atoms with Gasteiger partial charge in [0.1, 0.15) is 4.88 Å². The number of thiophene rings is 1. The first-order valence-electron chi connectivity index (χ1n) is 10.2. The molecule has 1 fully saturated rings. The molecule has 1 aliphatic rings. The molecule has 8 heteroatoms. The molecule has 2 aromatic heterocycles. The number of carbonyl (C=O) groups is 2. The minimum atomic E-state index is -0.302. The van der Waals surface area contributed by atoms with E-state index in [2.05, 4.69) is 11.4 Å². The minimum Gasteiger partial charge on any atom is -0.342 e. The Bertz CT molecular complexity index is 1240. The zero-order valence-electron chi connectivity index (χ0n) is 16.6. The maximum atomic E-state index is 12.6. The van der Waals surface area contributed by atoms with Gasteiger partial charge in [0.2, 0.25) is 5.91 Å². The Morgan fingerprint density at radius 3 is 2.48 bits per heavy atom. The van der Waals surface area contributed by atoms with E-state index in [1.165, 1.54) is 16.0 Å². The second-order valence-electron chi connectivity index (χ2n) is 7.60. The number of likely N-dealkylation sites (tertiary alicyclic amines) is 1. The number of halogens is 1. The van der Waals surface area contributed by atoms with Gasteiger partial charge in [-0.2, -0.15) is 0 Å². The quantitative estimate of drug-likeness (QED) is 0.441. The summed E-state index contributed by atoms with van der Waals surface area (Å²) in [7, 11) is 0. The molecule has 31 heavy (non-hydrogen) atoms. The number of nitrogens with zero attached hydrogens (tertiary/aromatic N) is 2. The van der Waals surface area contributed by atoms with Crippen LogP contribution in [0.15, 0.2) is 48.5 Å². The molecular weight excluding hydrogens is 450 g/mol. The molecule has 158 valence electrons. The van der Waals surface area contributed by atoms with E-state index in [4.69, 9.17) is 16.6 Å². The van der Waals surface area contributed by atoms with Crippen LogP contribution in [0.5, 0.6) is 0 Å². The van der Waals surface area contributed by atoms with E-state index in [0.717, 1.165) is 33.5 Å². The van der Waals surface area contributed by atoms with Gasteiger partial charge < -0.3 is 10.2 Å². The smallest absolute Gasteiger partial charge is 0.263 e. The van der Waals surface area contributed by atoms with Crippen molar-refractivity contribution in [2.45, 2.75) is 18.8 Å². The van der Waals surface area contributed by atoms with Gasteiger partial charge >= 0.3 is 0 Å². The predicted molar refractivity (Wildman–Crippen MR) is 127 cm³/mol. The second-order valence-corrected chi connectivity index (χ2v) is 10.1. The third kappa shape index (κ3) is 4.05. The van der Waals surface area contributed by atoms with E-state index in [-0.39, 0.29) is 18.4 Å². The fraction of sp³-hybridized carbons (Fsp3) is 0.261. The molecule has 2 amide bonds. The predicted octanol–water partition coefficient (Wildman–Crippen LogP) is 5.30. The highest BCUT2D eigenvalue weighted by Gasteiger charge is 2.26. The van der Waals surface area contributed by atoms with E-state index in [1.807, 2.05) is 47.4 Å². The van der Waals surface area contributed by atoms with Crippen LogP contribution in [0.25, 0.3) is 20.3 Å². The number of carbonyl (C=O) groups excluding carboxylic acids is 2. The van der Waals surface area contributed by atoms with E-state index >= 15 is 0 Å². The Balaban J connectivity index is 1.17. The van der Waals surface area contributed by atoms with Gasteiger partial charge in [0.05, 0.1) is 26.8 Å². The zero-order chi connectivity index (χ0) is 21.4. The summed E-state index contributed by atoms with van der Waals surface area (Å²) in [6, 6.07) is 15.8. The van der Waals surface area contributed by atoms with Crippen molar-refractivity contribution >= 4 is 66.4 Å². The third-order valence-electron chi connectivity index (χ3n) is 5.65. The fourth-order valence-corrected chi connectivity index (χ4v) is 6.52. The molecule has 3 heterocycles. The number of nitrogens with one attached hydrogen (secondary N) is 1. The summed E-state index contributed by atoms with van der Waals surface area (Å²) in [6.07, 6.45) is 1.78. The number of amides is 2. The van der Waals surface area contributed by atoms with Gasteiger partial charge in [-0.25, -0.2) is 4.98 Å². The highest BCUT2D eigenvalue weighted by atomic mass is 35.5. The lowest BCUT2D eigenvalue weighted by Crippen LogP contribution is -2.43. The molecule has 0 spiro atoms. The monoisotopic (exact) mass is 469 g/mol. The standard InChI is InChI=1S/C23H20ClN3O2S2/c24-20-15-5-1-3-7-17(15)30-21(20)22(29)25-13-19(28)27-11-9-14(10-12-27)23-26-16-6-2-4-8-18(16)31-23/h1-8,14H,9-13H2,(H,25,29). The van der Waals surface area contributed by atoms with Gasteiger partial charge in [-0.1, -0.05) is 41.9 Å². The van der Waals surface area contributed by atoms with Crippen molar-refractivity contribution in [3.63, 3.8) is 0 Å². The molecule has 0 radical (unpaired) electrons. The maximum absolute atomic E-state index is 12.6. The van der Waals surface area contributed by atoms with Crippen LogP contribution in [0.2, 0.25) is 5.02 Å². The van der Waals surface area contributed by atoms with Gasteiger partial charge in [-0.3, -0.25) is 9.59 Å². The average Bonchev–Trinajstić information content (AvgIpc) is 3.39. The number of aromatic nitrogens is 1. The van der Waals surface area contributed by atoms with Gasteiger partial charge in [-0.05, 0) is 31.0 Å². The Hall–Kier alpha value is -2.48. The summed E-state index contributed by atoms with van der Waals surface area (Å²) < 4.78 is 2.17. The lowest BCUT2D eigenvalue weighted by atomic mass is 9.97. The number of para-hydroxylation sites is 1. The first kappa shape index (κ1) is 20.4. The highest BCUT2D eigenvalue weighted by Crippen LogP contribution is 2.35. The Kier molecular flexibility index (Phi) is 5.65. The normalized spacial score (nSPS) is 14.9. The largest absolute Gasteiger partial charge is 0.342 e. The first-order chi connectivity index (χ1) is 15.1. The van der Waals surface area contributed by atoms with Gasteiger partial charge in [0.25, 0.3) is 5.91 Å². The van der Waals surface area contributed by atoms with Crippen molar-refractivity contribution in [1.29, 1.82) is 0 Å². The van der Waals surface area contributed by atoms with Crippen molar-refractivity contribution in [1.82, 2.24) is 15.2 Å². The number of piperidine rings is 1. The van der Waals surface area contributed by atoms with Crippen molar-refractivity contribution in [2.24, 2.45) is 0 Å². The zero-order valence-corrected chi connectivity index (χ0v) is 19.0. The first-order valence-corrected chi connectivity index (χ1v) is 12.2. The number of fused-ring (bicyclic) bond motifs is 2. The average molecular weight is 470 g/mol. The van der Waals surface area contributed by atoms with Crippen LogP contribution in [0.1, 0.15) is 33.4 Å². The molecule has 0 saturated carbocycles. The summed E-state index contributed by atoms with van der Waals surface area (Å²) in [6.45, 7) is 1.34. The lowest BCUT2D eigenvalue weighted by molar-refractivity contribution is -0.131. The molecule has 1 aliphatic heterocycles. The van der Waals surface area contributed by atoms with Crippen LogP contribution < -0.4 is 5.32 Å². The molecule has 0 unspecified atom stereocenters. The Labute approximate surface area is 192 Å². The maximum Gasteiger partial charge on any atom is 0.263 e. The SMILES string of the molecule is O=C(NCC(=O)N1CCC(c2nc3ccccc3s2)CC1)c1sc2ccccc2c1Cl. The van der Waals surface area contributed by atoms with Crippen molar-refractivity contribution in [3.8, 4) is 0 Å². The van der Waals surface area contributed by atoms with Crippen molar-refractivity contribution in [3.05, 3.63) is 63.4 Å². The van der Waals surface area contributed by atoms with E-state index in [0.29, 0.717) is 28.9 Å². The molecule has 2 aromatic carbocycles. The molecule has 1 saturated heterocycles. The Morgan fingerprint density at radius 1 is 1.03 bits per heavy atom. The van der Waals surface area contributed by atoms with Crippen LogP contribution >= 0.6 is 34.3 Å². The molecule has 5 nitrogen and oxygen atoms in total. The lowest BCUT2D eigenvalue weighted by Gasteiger charge is -2.31. The van der Waals surface area contributed by atoms with Crippen LogP contribution in [-0.2, 0) is 4.79 Å². The van der Waals surface area contributed by atoms with Gasteiger partial charge in [0.15, 0.2) is 0 Å². The number of hydrogen-bond donors (Lipinski definition) is 1. The molecule has 0 aliphatic carbocycles. The number of rotatable bonds is 4. The number of benzene rings is 2. The second kappa shape index (κ2) is 8.57. The van der Waals surface area contributed by atoms with Crippen LogP contribution in [0, 0.1) is 0 Å². The van der Waals surface area contributed by atoms with Gasteiger partial charge in [-0.15, -0.1) is 22.7 Å². The molecule has 5 rings (SSSR count). The van der Waals surface area contributed by atoms with Crippen molar-refractivity contribution < 1.29 is 9.59 Å². The highest BCUT2D eigenvalue weighted by molar-refractivity contribution is 7.21. The molecular formula is C23H20ClN3O2S2. The van der Waals surface area contributed by atoms with E-state index in [1.54, 1.807) is 11.3 Å². The van der Waals surface area contributed by atoms with E-state index in [9.17, 15) is 9.59 Å². The fourth-order valence-electron chi connectivity index (χ4n) is 3.95. The van der Waals surface area contributed by atoms with E-state index < -0.39 is 0 Å². The summed E-state index contributed by atoms with van der Waals surface area (Å²) in [4.78, 5) is 32.3. The van der Waals surface area contributed by atoms with Crippen LogP contribution in [0.3, 0.4) is 0 Å². The number of hydrogen-bond acceptors (Lipinski definition) is 5. The van der Waals surface area contributed by atoms with Gasteiger partial charge in [0, 0.05) is 29.1 Å².